The smallest absolute Gasteiger partial charge is 0.0408 e. The number of halogens is 1. The van der Waals surface area contributed by atoms with Crippen LogP contribution >= 0.6 is 11.6 Å². The van der Waals surface area contributed by atoms with E-state index in [1.807, 2.05) is 6.07 Å². The van der Waals surface area contributed by atoms with Crippen LogP contribution < -0.4 is 5.32 Å². The van der Waals surface area contributed by atoms with Crippen molar-refractivity contribution in [2.75, 3.05) is 6.54 Å². The average Bonchev–Trinajstić information content (AvgIpc) is 2.40. The molecule has 0 aliphatic heterocycles. The van der Waals surface area contributed by atoms with Gasteiger partial charge in [0.05, 0.1) is 0 Å². The van der Waals surface area contributed by atoms with E-state index < -0.39 is 0 Å². The molecule has 0 heterocycles. The number of benzene rings is 1. The fraction of sp³-hybridized carbons (Fsp3) is 0.647. The Morgan fingerprint density at radius 3 is 2.37 bits per heavy atom. The largest absolute Gasteiger partial charge is 0.310 e. The average molecular weight is 282 g/mol. The topological polar surface area (TPSA) is 12.0 Å². The predicted octanol–water partition coefficient (Wildman–Crippen LogP) is 5.52. The van der Waals surface area contributed by atoms with Gasteiger partial charge in [-0.1, -0.05) is 51.3 Å². The lowest BCUT2D eigenvalue weighted by Gasteiger charge is -2.25. The minimum atomic E-state index is 0.460. The van der Waals surface area contributed by atoms with Gasteiger partial charge in [0.25, 0.3) is 0 Å². The van der Waals surface area contributed by atoms with E-state index in [1.54, 1.807) is 0 Å². The molecule has 19 heavy (non-hydrogen) atoms. The van der Waals surface area contributed by atoms with E-state index in [9.17, 15) is 0 Å². The monoisotopic (exact) mass is 281 g/mol. The van der Waals surface area contributed by atoms with Crippen molar-refractivity contribution in [1.82, 2.24) is 5.32 Å². The molecule has 0 bridgehead atoms. The van der Waals surface area contributed by atoms with Gasteiger partial charge in [0.15, 0.2) is 0 Å². The number of nitrogens with one attached hydrogen (secondary N) is 1. The summed E-state index contributed by atoms with van der Waals surface area (Å²) in [6.45, 7) is 10.0. The second-order valence-corrected chi connectivity index (χ2v) is 5.86. The SMILES string of the molecule is CCCNC(CC(CC)CC)c1ccc(Cl)cc1C. The minimum Gasteiger partial charge on any atom is -0.310 e. The molecule has 1 nitrogen and oxygen atoms in total. The highest BCUT2D eigenvalue weighted by molar-refractivity contribution is 6.30. The molecule has 2 heteroatoms. The van der Waals surface area contributed by atoms with E-state index in [4.69, 9.17) is 11.6 Å². The van der Waals surface area contributed by atoms with Crippen molar-refractivity contribution >= 4 is 11.6 Å². The van der Waals surface area contributed by atoms with Gasteiger partial charge in [-0.15, -0.1) is 0 Å². The van der Waals surface area contributed by atoms with E-state index in [0.29, 0.717) is 6.04 Å². The lowest BCUT2D eigenvalue weighted by atomic mass is 9.89. The third-order valence-electron chi connectivity index (χ3n) is 3.97. The highest BCUT2D eigenvalue weighted by Crippen LogP contribution is 2.28. The summed E-state index contributed by atoms with van der Waals surface area (Å²) in [7, 11) is 0. The van der Waals surface area contributed by atoms with Crippen molar-refractivity contribution in [3.8, 4) is 0 Å². The number of hydrogen-bond donors (Lipinski definition) is 1. The zero-order chi connectivity index (χ0) is 14.3. The van der Waals surface area contributed by atoms with E-state index in [2.05, 4.69) is 45.1 Å². The predicted molar refractivity (Wildman–Crippen MR) is 85.9 cm³/mol. The van der Waals surface area contributed by atoms with Crippen LogP contribution in [-0.2, 0) is 0 Å². The molecular weight excluding hydrogens is 254 g/mol. The van der Waals surface area contributed by atoms with Crippen LogP contribution in [0.5, 0.6) is 0 Å². The molecule has 1 rings (SSSR count). The van der Waals surface area contributed by atoms with Crippen LogP contribution in [0.25, 0.3) is 0 Å². The van der Waals surface area contributed by atoms with Crippen LogP contribution in [0, 0.1) is 12.8 Å². The first-order valence-corrected chi connectivity index (χ1v) is 7.99. The van der Waals surface area contributed by atoms with Gasteiger partial charge < -0.3 is 5.32 Å². The molecular formula is C17H28ClN. The van der Waals surface area contributed by atoms with Gasteiger partial charge in [0, 0.05) is 11.1 Å². The third kappa shape index (κ3) is 5.16. The molecule has 0 amide bonds. The van der Waals surface area contributed by atoms with Gasteiger partial charge >= 0.3 is 0 Å². The number of rotatable bonds is 8. The van der Waals surface area contributed by atoms with Gasteiger partial charge in [-0.2, -0.15) is 0 Å². The lowest BCUT2D eigenvalue weighted by Crippen LogP contribution is -2.25. The summed E-state index contributed by atoms with van der Waals surface area (Å²) in [6.07, 6.45) is 4.91. The number of aryl methyl sites for hydroxylation is 1. The summed E-state index contributed by atoms with van der Waals surface area (Å²) in [5, 5.41) is 4.53. The van der Waals surface area contributed by atoms with E-state index in [-0.39, 0.29) is 0 Å². The molecule has 1 N–H and O–H groups in total. The maximum Gasteiger partial charge on any atom is 0.0408 e. The Kier molecular flexibility index (Phi) is 7.48. The minimum absolute atomic E-state index is 0.460. The van der Waals surface area contributed by atoms with Gasteiger partial charge in [-0.05, 0) is 55.5 Å². The van der Waals surface area contributed by atoms with Crippen LogP contribution in [0.4, 0.5) is 0 Å². The lowest BCUT2D eigenvalue weighted by molar-refractivity contribution is 0.370. The first-order chi connectivity index (χ1) is 9.12. The molecule has 108 valence electrons. The van der Waals surface area contributed by atoms with Gasteiger partial charge in [0.2, 0.25) is 0 Å². The molecule has 1 atom stereocenters. The maximum atomic E-state index is 6.07. The van der Waals surface area contributed by atoms with Crippen molar-refractivity contribution in [3.63, 3.8) is 0 Å². The Morgan fingerprint density at radius 1 is 1.16 bits per heavy atom. The zero-order valence-corrected chi connectivity index (χ0v) is 13.6. The van der Waals surface area contributed by atoms with Crippen molar-refractivity contribution in [2.45, 2.75) is 59.4 Å². The molecule has 0 aliphatic carbocycles. The van der Waals surface area contributed by atoms with Crippen molar-refractivity contribution in [2.24, 2.45) is 5.92 Å². The van der Waals surface area contributed by atoms with Crippen molar-refractivity contribution in [3.05, 3.63) is 34.3 Å². The van der Waals surface area contributed by atoms with Gasteiger partial charge in [-0.25, -0.2) is 0 Å². The summed E-state index contributed by atoms with van der Waals surface area (Å²) in [5.41, 5.74) is 2.71. The Balaban J connectivity index is 2.88. The van der Waals surface area contributed by atoms with E-state index >= 15 is 0 Å². The van der Waals surface area contributed by atoms with Crippen LogP contribution in [-0.4, -0.2) is 6.54 Å². The third-order valence-corrected chi connectivity index (χ3v) is 4.21. The van der Waals surface area contributed by atoms with Crippen molar-refractivity contribution < 1.29 is 0 Å². The highest BCUT2D eigenvalue weighted by Gasteiger charge is 2.17. The fourth-order valence-electron chi connectivity index (χ4n) is 2.62. The quantitative estimate of drug-likeness (QED) is 0.662. The second-order valence-electron chi connectivity index (χ2n) is 5.43. The van der Waals surface area contributed by atoms with E-state index in [0.717, 1.165) is 17.5 Å². The fourth-order valence-corrected chi connectivity index (χ4v) is 2.85. The molecule has 0 radical (unpaired) electrons. The summed E-state index contributed by atoms with van der Waals surface area (Å²) < 4.78 is 0. The molecule has 0 saturated heterocycles. The van der Waals surface area contributed by atoms with Crippen molar-refractivity contribution in [1.29, 1.82) is 0 Å². The first kappa shape index (κ1) is 16.5. The Morgan fingerprint density at radius 2 is 1.84 bits per heavy atom. The molecule has 0 saturated carbocycles. The summed E-state index contributed by atoms with van der Waals surface area (Å²) in [5.74, 6) is 0.796. The molecule has 0 fully saturated rings. The van der Waals surface area contributed by atoms with Crippen LogP contribution in [0.1, 0.15) is 63.6 Å². The van der Waals surface area contributed by atoms with Gasteiger partial charge in [-0.3, -0.25) is 0 Å². The number of hydrogen-bond acceptors (Lipinski definition) is 1. The maximum absolute atomic E-state index is 6.07. The molecule has 1 aromatic carbocycles. The molecule has 1 unspecified atom stereocenters. The summed E-state index contributed by atoms with van der Waals surface area (Å²) in [4.78, 5) is 0. The standard InChI is InChI=1S/C17H28ClN/c1-5-10-19-17(12-14(6-2)7-3)16-9-8-15(18)11-13(16)4/h8-9,11,14,17,19H,5-7,10,12H2,1-4H3. The Labute approximate surface area is 123 Å². The molecule has 1 aromatic rings. The zero-order valence-electron chi connectivity index (χ0n) is 12.8. The van der Waals surface area contributed by atoms with Gasteiger partial charge in [0.1, 0.15) is 0 Å². The summed E-state index contributed by atoms with van der Waals surface area (Å²) >= 11 is 6.07. The molecule has 0 aliphatic rings. The Bertz CT molecular complexity index is 372. The molecule has 0 spiro atoms. The van der Waals surface area contributed by atoms with E-state index in [1.165, 1.54) is 36.8 Å². The van der Waals surface area contributed by atoms with Crippen LogP contribution in [0.2, 0.25) is 5.02 Å². The highest BCUT2D eigenvalue weighted by atomic mass is 35.5. The normalized spacial score (nSPS) is 12.9. The molecule has 0 aromatic heterocycles. The Hall–Kier alpha value is -0.530. The van der Waals surface area contributed by atoms with Crippen LogP contribution in [0.3, 0.4) is 0 Å². The van der Waals surface area contributed by atoms with Crippen LogP contribution in [0.15, 0.2) is 18.2 Å². The second kappa shape index (κ2) is 8.60. The summed E-state index contributed by atoms with van der Waals surface area (Å²) in [6, 6.07) is 6.73. The first-order valence-electron chi connectivity index (χ1n) is 7.61.